The van der Waals surface area contributed by atoms with Crippen molar-refractivity contribution in [3.63, 3.8) is 0 Å². The topological polar surface area (TPSA) is 171 Å². The standard InChI is InChI=1S/C6H12O7P.C5H6N2O2.Na/c1-11-14(9,10)3-13-6-5(8)4(7)2-12-6;1-3-2-6-5(9)7-4(3)8;/h2,4-8H,3H2,1H3,(H,9,10);2H,1H3,(H2,6,7,8,9);/t4-,5-,6?;;/m0../s1. The number of ether oxygens (including phenoxy) is 2. The molecule has 1 aromatic heterocycles. The van der Waals surface area contributed by atoms with Gasteiger partial charge in [-0.15, -0.1) is 0 Å². The summed E-state index contributed by atoms with van der Waals surface area (Å²) in [6.45, 7) is 1.62. The summed E-state index contributed by atoms with van der Waals surface area (Å²) in [6, 6.07) is 0. The average Bonchev–Trinajstić information content (AvgIpc) is 2.77. The van der Waals surface area contributed by atoms with Crippen molar-refractivity contribution in [1.82, 2.24) is 9.97 Å². The van der Waals surface area contributed by atoms with Gasteiger partial charge in [-0.1, -0.05) is 0 Å². The first kappa shape index (κ1) is 21.7. The first-order valence-electron chi connectivity index (χ1n) is 6.86. The van der Waals surface area contributed by atoms with Gasteiger partial charge >= 0.3 is 110 Å². The van der Waals surface area contributed by atoms with Crippen molar-refractivity contribution in [2.24, 2.45) is 0 Å². The Morgan fingerprint density at radius 1 is 1.38 bits per heavy atom. The third kappa shape index (κ3) is 6.52. The maximum atomic E-state index is 11.0. The molecular formula is C11H18N2NaO9P. The van der Waals surface area contributed by atoms with Gasteiger partial charge in [-0.25, -0.2) is 4.79 Å². The first-order chi connectivity index (χ1) is 11.1. The van der Waals surface area contributed by atoms with Crippen LogP contribution in [0.4, 0.5) is 0 Å². The fourth-order valence-corrected chi connectivity index (χ4v) is 2.75. The molecule has 1 aliphatic rings. The smallest absolute Gasteiger partial charge is 0.314 e. The molecule has 5 atom stereocenters. The largest absolute Gasteiger partial charge is 0.325 e. The quantitative estimate of drug-likeness (QED) is 0.287. The van der Waals surface area contributed by atoms with E-state index in [9.17, 15) is 24.4 Å². The second-order valence-electron chi connectivity index (χ2n) is 5.06. The molecule has 2 rings (SSSR count). The third-order valence-electron chi connectivity index (χ3n) is 3.15. The van der Waals surface area contributed by atoms with Gasteiger partial charge in [0.25, 0.3) is 5.56 Å². The zero-order valence-corrected chi connectivity index (χ0v) is 16.2. The molecule has 1 aliphatic heterocycles. The van der Waals surface area contributed by atoms with Crippen LogP contribution >= 0.6 is 7.60 Å². The molecule has 0 saturated carbocycles. The van der Waals surface area contributed by atoms with E-state index in [-0.39, 0.29) is 5.56 Å². The number of rotatable bonds is 4. The van der Waals surface area contributed by atoms with Crippen LogP contribution in [-0.2, 0) is 18.6 Å². The summed E-state index contributed by atoms with van der Waals surface area (Å²) in [6.07, 6.45) is -2.46. The Bertz CT molecular complexity index is 693. The molecule has 2 heterocycles. The molecule has 2 unspecified atom stereocenters. The van der Waals surface area contributed by atoms with E-state index in [1.165, 1.54) is 6.20 Å². The molecular weight excluding hydrogens is 358 g/mol. The summed E-state index contributed by atoms with van der Waals surface area (Å²) in [5.41, 5.74) is -0.293. The molecule has 1 saturated heterocycles. The predicted octanol–water partition coefficient (Wildman–Crippen LogP) is -2.26. The summed E-state index contributed by atoms with van der Waals surface area (Å²) in [5, 5.41) is 18.7. The van der Waals surface area contributed by atoms with Crippen LogP contribution in [0.3, 0.4) is 0 Å². The van der Waals surface area contributed by atoms with Crippen molar-refractivity contribution in [2.75, 3.05) is 13.5 Å². The number of aliphatic hydroxyl groups excluding tert-OH is 2. The molecule has 13 heteroatoms. The van der Waals surface area contributed by atoms with Gasteiger partial charge < -0.3 is 4.98 Å². The van der Waals surface area contributed by atoms with Gasteiger partial charge in [0.05, 0.1) is 0 Å². The molecule has 0 radical (unpaired) electrons. The number of aromatic amines is 2. The van der Waals surface area contributed by atoms with E-state index in [1.54, 1.807) is 6.92 Å². The van der Waals surface area contributed by atoms with Gasteiger partial charge in [-0.3, -0.25) is 9.78 Å². The van der Waals surface area contributed by atoms with Crippen LogP contribution < -0.4 is 11.2 Å². The summed E-state index contributed by atoms with van der Waals surface area (Å²) in [5.74, 6) is 0. The van der Waals surface area contributed by atoms with Crippen LogP contribution in [0.1, 0.15) is 5.56 Å². The minimum Gasteiger partial charge on any atom is -0.314 e. The minimum absolute atomic E-state index is 0.334. The molecule has 0 aliphatic carbocycles. The van der Waals surface area contributed by atoms with Crippen molar-refractivity contribution in [1.29, 1.82) is 0 Å². The maximum Gasteiger partial charge on any atom is 0.325 e. The summed E-state index contributed by atoms with van der Waals surface area (Å²) in [4.78, 5) is 34.3. The van der Waals surface area contributed by atoms with Crippen molar-refractivity contribution in [2.45, 2.75) is 28.8 Å². The number of aliphatic hydroxyl groups is 2. The third-order valence-corrected chi connectivity index (χ3v) is 5.15. The second kappa shape index (κ2) is 9.39. The zero-order chi connectivity index (χ0) is 18.5. The Morgan fingerprint density at radius 3 is 2.42 bits per heavy atom. The number of hydrogen-bond acceptors (Lipinski definition) is 8. The van der Waals surface area contributed by atoms with Crippen molar-refractivity contribution < 1.29 is 33.7 Å². The van der Waals surface area contributed by atoms with Gasteiger partial charge in [0.1, 0.15) is 0 Å². The van der Waals surface area contributed by atoms with E-state index in [0.29, 0.717) is 33.5 Å². The molecule has 0 bridgehead atoms. The Balaban J connectivity index is 0.000000272. The predicted molar refractivity (Wildman–Crippen MR) is 81.6 cm³/mol. The summed E-state index contributed by atoms with van der Waals surface area (Å²) in [7, 11) is -2.69. The number of H-pyrrole nitrogens is 2. The van der Waals surface area contributed by atoms with Crippen LogP contribution in [0, 0.1) is 6.92 Å². The van der Waals surface area contributed by atoms with Crippen LogP contribution in [0.15, 0.2) is 15.8 Å². The normalized spacial score (nSPS) is 28.8. The summed E-state index contributed by atoms with van der Waals surface area (Å²) < 4.78 is 24.8. The van der Waals surface area contributed by atoms with Gasteiger partial charge in [0, 0.05) is 11.8 Å². The Morgan fingerprint density at radius 2 is 2.00 bits per heavy atom. The number of aryl methyl sites for hydroxylation is 1. The van der Waals surface area contributed by atoms with E-state index < -0.39 is 41.5 Å². The van der Waals surface area contributed by atoms with Gasteiger partial charge in [-0.05, 0) is 6.92 Å². The molecule has 132 valence electrons. The van der Waals surface area contributed by atoms with Crippen molar-refractivity contribution >= 4 is 35.5 Å². The Labute approximate surface area is 153 Å². The molecule has 11 nitrogen and oxygen atoms in total. The number of hydrogen-bond donors (Lipinski definition) is 5. The molecule has 24 heavy (non-hydrogen) atoms. The molecule has 0 amide bonds. The second-order valence-corrected chi connectivity index (χ2v) is 8.10. The fourth-order valence-electron chi connectivity index (χ4n) is 1.65. The van der Waals surface area contributed by atoms with Crippen LogP contribution in [0.2, 0.25) is 0 Å². The van der Waals surface area contributed by atoms with Crippen molar-refractivity contribution in [3.8, 4) is 0 Å². The van der Waals surface area contributed by atoms with E-state index in [0.717, 1.165) is 7.11 Å². The molecule has 1 fully saturated rings. The minimum atomic E-state index is -3.78. The SMILES string of the molecule is COP(=O)(O)COC1O[C@@H]([Na])[C@H](O)[C@@H]1O.Cc1c[nH]c(=O)[nH]c1=O. The zero-order valence-electron chi connectivity index (χ0n) is 13.3. The van der Waals surface area contributed by atoms with Gasteiger partial charge in [0.15, 0.2) is 0 Å². The van der Waals surface area contributed by atoms with E-state index in [1.807, 2.05) is 0 Å². The van der Waals surface area contributed by atoms with Crippen LogP contribution in [0.5, 0.6) is 0 Å². The molecule has 5 N–H and O–H groups in total. The molecule has 0 spiro atoms. The van der Waals surface area contributed by atoms with Crippen LogP contribution in [-0.4, -0.2) is 88.3 Å². The van der Waals surface area contributed by atoms with E-state index in [4.69, 9.17) is 14.4 Å². The fraction of sp³-hybridized carbons (Fsp3) is 0.636. The Kier molecular flexibility index (Phi) is 8.50. The maximum absolute atomic E-state index is 11.0. The number of aromatic nitrogens is 2. The average molecular weight is 376 g/mol. The van der Waals surface area contributed by atoms with E-state index in [2.05, 4.69) is 14.5 Å². The molecule has 1 aromatic rings. The monoisotopic (exact) mass is 376 g/mol. The molecule has 0 aromatic carbocycles. The van der Waals surface area contributed by atoms with E-state index >= 15 is 0 Å². The van der Waals surface area contributed by atoms with Crippen LogP contribution in [0.25, 0.3) is 0 Å². The first-order valence-corrected chi connectivity index (χ1v) is 9.78. The van der Waals surface area contributed by atoms with Gasteiger partial charge in [-0.2, -0.15) is 0 Å². The Hall–Kier alpha value is -0.330. The van der Waals surface area contributed by atoms with Crippen molar-refractivity contribution in [3.05, 3.63) is 32.6 Å². The van der Waals surface area contributed by atoms with Gasteiger partial charge in [0.2, 0.25) is 0 Å². The summed E-state index contributed by atoms with van der Waals surface area (Å²) >= 11 is 0.535. The number of nitrogens with one attached hydrogen (secondary N) is 2.